The monoisotopic (exact) mass is 219 g/mol. The summed E-state index contributed by atoms with van der Waals surface area (Å²) in [6, 6.07) is 0. The molecule has 2 aliphatic heterocycles. The van der Waals surface area contributed by atoms with Gasteiger partial charge in [-0.25, -0.2) is 9.97 Å². The molecule has 1 saturated heterocycles. The van der Waals surface area contributed by atoms with E-state index in [4.69, 9.17) is 4.74 Å². The lowest BCUT2D eigenvalue weighted by molar-refractivity contribution is 0.133. The van der Waals surface area contributed by atoms with Gasteiger partial charge in [0.1, 0.15) is 5.82 Å². The predicted octanol–water partition coefficient (Wildman–Crippen LogP) is 0.967. The maximum atomic E-state index is 5.41. The first kappa shape index (κ1) is 10.2. The molecule has 0 saturated carbocycles. The lowest BCUT2D eigenvalue weighted by Crippen LogP contribution is -2.13. The molecule has 3 rings (SSSR count). The average molecular weight is 219 g/mol. The van der Waals surface area contributed by atoms with Crippen LogP contribution in [0.3, 0.4) is 0 Å². The van der Waals surface area contributed by atoms with Gasteiger partial charge in [0.25, 0.3) is 0 Å². The third-order valence-electron chi connectivity index (χ3n) is 3.46. The molecule has 3 heterocycles. The van der Waals surface area contributed by atoms with E-state index >= 15 is 0 Å². The first-order valence-electron chi connectivity index (χ1n) is 5.96. The maximum absolute atomic E-state index is 5.41. The molecule has 0 aromatic carbocycles. The summed E-state index contributed by atoms with van der Waals surface area (Å²) in [5.41, 5.74) is 3.41. The van der Waals surface area contributed by atoms with Crippen LogP contribution < -0.4 is 5.32 Å². The third kappa shape index (κ3) is 1.83. The van der Waals surface area contributed by atoms with Gasteiger partial charge in [-0.1, -0.05) is 0 Å². The number of aromatic nitrogens is 2. The number of hydrogen-bond donors (Lipinski definition) is 1. The zero-order valence-corrected chi connectivity index (χ0v) is 9.62. The molecular weight excluding hydrogens is 202 g/mol. The molecule has 1 unspecified atom stereocenters. The van der Waals surface area contributed by atoms with E-state index in [0.29, 0.717) is 19.1 Å². The number of fused-ring (bicyclic) bond motifs is 1. The highest BCUT2D eigenvalue weighted by Crippen LogP contribution is 2.21. The molecule has 1 atom stereocenters. The van der Waals surface area contributed by atoms with Crippen molar-refractivity contribution in [1.82, 2.24) is 15.3 Å². The van der Waals surface area contributed by atoms with Crippen molar-refractivity contribution >= 4 is 0 Å². The summed E-state index contributed by atoms with van der Waals surface area (Å²) in [4.78, 5) is 9.20. The molecule has 0 radical (unpaired) electrons. The molecule has 0 amide bonds. The molecule has 0 aliphatic carbocycles. The standard InChI is InChI=1S/C12H17N3O/c1-8-10-6-16-7-11(10)15-12(14-8)4-9-2-3-13-5-9/h9,13H,2-7H2,1H3. The summed E-state index contributed by atoms with van der Waals surface area (Å²) in [7, 11) is 0. The second kappa shape index (κ2) is 4.11. The van der Waals surface area contributed by atoms with Gasteiger partial charge in [0, 0.05) is 17.7 Å². The van der Waals surface area contributed by atoms with Crippen LogP contribution in [0, 0.1) is 12.8 Å². The molecule has 1 fully saturated rings. The van der Waals surface area contributed by atoms with E-state index in [2.05, 4.69) is 22.2 Å². The van der Waals surface area contributed by atoms with Crippen LogP contribution in [-0.2, 0) is 24.4 Å². The number of aryl methyl sites for hydroxylation is 1. The van der Waals surface area contributed by atoms with Gasteiger partial charge in [0.2, 0.25) is 0 Å². The van der Waals surface area contributed by atoms with Crippen molar-refractivity contribution in [2.24, 2.45) is 5.92 Å². The van der Waals surface area contributed by atoms with Crippen LogP contribution in [0.1, 0.15) is 29.2 Å². The molecule has 2 aliphatic rings. The number of nitrogens with one attached hydrogen (secondary N) is 1. The molecule has 86 valence electrons. The topological polar surface area (TPSA) is 47.0 Å². The van der Waals surface area contributed by atoms with Crippen molar-refractivity contribution in [2.75, 3.05) is 13.1 Å². The van der Waals surface area contributed by atoms with Gasteiger partial charge in [-0.15, -0.1) is 0 Å². The van der Waals surface area contributed by atoms with Gasteiger partial charge in [-0.2, -0.15) is 0 Å². The summed E-state index contributed by atoms with van der Waals surface area (Å²) < 4.78 is 5.41. The van der Waals surface area contributed by atoms with Gasteiger partial charge in [-0.3, -0.25) is 0 Å². The Bertz CT molecular complexity index is 399. The summed E-state index contributed by atoms with van der Waals surface area (Å²) in [6.07, 6.45) is 2.25. The SMILES string of the molecule is Cc1nc(CC2CCNC2)nc2c1COC2. The fourth-order valence-electron chi connectivity index (χ4n) is 2.51. The Morgan fingerprint density at radius 1 is 1.38 bits per heavy atom. The van der Waals surface area contributed by atoms with Crippen molar-refractivity contribution in [1.29, 1.82) is 0 Å². The lowest BCUT2D eigenvalue weighted by atomic mass is 10.0. The molecule has 0 spiro atoms. The quantitative estimate of drug-likeness (QED) is 0.805. The van der Waals surface area contributed by atoms with Crippen molar-refractivity contribution in [3.8, 4) is 0 Å². The van der Waals surface area contributed by atoms with Gasteiger partial charge >= 0.3 is 0 Å². The minimum Gasteiger partial charge on any atom is -0.370 e. The van der Waals surface area contributed by atoms with Crippen molar-refractivity contribution in [2.45, 2.75) is 33.0 Å². The highest BCUT2D eigenvalue weighted by Gasteiger charge is 2.20. The molecule has 1 aromatic heterocycles. The third-order valence-corrected chi connectivity index (χ3v) is 3.46. The predicted molar refractivity (Wildman–Crippen MR) is 59.9 cm³/mol. The van der Waals surface area contributed by atoms with Crippen LogP contribution in [0.2, 0.25) is 0 Å². The number of rotatable bonds is 2. The Balaban J connectivity index is 1.82. The summed E-state index contributed by atoms with van der Waals surface area (Å²) in [5.74, 6) is 1.70. The largest absolute Gasteiger partial charge is 0.370 e. The zero-order valence-electron chi connectivity index (χ0n) is 9.62. The van der Waals surface area contributed by atoms with E-state index in [1.54, 1.807) is 0 Å². The smallest absolute Gasteiger partial charge is 0.129 e. The minimum absolute atomic E-state index is 0.661. The number of ether oxygens (including phenoxy) is 1. The zero-order chi connectivity index (χ0) is 11.0. The van der Waals surface area contributed by atoms with E-state index < -0.39 is 0 Å². The first-order valence-corrected chi connectivity index (χ1v) is 5.96. The Labute approximate surface area is 95.4 Å². The van der Waals surface area contributed by atoms with Crippen LogP contribution in [0.25, 0.3) is 0 Å². The fraction of sp³-hybridized carbons (Fsp3) is 0.667. The minimum atomic E-state index is 0.661. The second-order valence-electron chi connectivity index (χ2n) is 4.71. The molecule has 0 bridgehead atoms. The van der Waals surface area contributed by atoms with Gasteiger partial charge in [-0.05, 0) is 32.4 Å². The van der Waals surface area contributed by atoms with E-state index in [-0.39, 0.29) is 0 Å². The molecular formula is C12H17N3O. The highest BCUT2D eigenvalue weighted by molar-refractivity contribution is 5.26. The molecule has 4 heteroatoms. The van der Waals surface area contributed by atoms with Crippen molar-refractivity contribution < 1.29 is 4.74 Å². The summed E-state index contributed by atoms with van der Waals surface area (Å²) >= 11 is 0. The average Bonchev–Trinajstić information content (AvgIpc) is 2.87. The van der Waals surface area contributed by atoms with Crippen molar-refractivity contribution in [3.05, 3.63) is 22.8 Å². The normalized spacial score (nSPS) is 23.7. The summed E-state index contributed by atoms with van der Waals surface area (Å²) in [6.45, 7) is 5.65. The molecule has 1 N–H and O–H groups in total. The second-order valence-corrected chi connectivity index (χ2v) is 4.71. The van der Waals surface area contributed by atoms with Gasteiger partial charge in [0.05, 0.1) is 18.9 Å². The number of nitrogens with zero attached hydrogens (tertiary/aromatic N) is 2. The highest BCUT2D eigenvalue weighted by atomic mass is 16.5. The van der Waals surface area contributed by atoms with Gasteiger partial charge in [0.15, 0.2) is 0 Å². The van der Waals surface area contributed by atoms with Gasteiger partial charge < -0.3 is 10.1 Å². The van der Waals surface area contributed by atoms with Crippen LogP contribution in [-0.4, -0.2) is 23.1 Å². The molecule has 4 nitrogen and oxygen atoms in total. The Morgan fingerprint density at radius 3 is 3.12 bits per heavy atom. The number of hydrogen-bond acceptors (Lipinski definition) is 4. The lowest BCUT2D eigenvalue weighted by Gasteiger charge is -2.09. The van der Waals surface area contributed by atoms with E-state index in [9.17, 15) is 0 Å². The maximum Gasteiger partial charge on any atom is 0.129 e. The first-order chi connectivity index (χ1) is 7.83. The van der Waals surface area contributed by atoms with Crippen LogP contribution in [0.15, 0.2) is 0 Å². The fourth-order valence-corrected chi connectivity index (χ4v) is 2.51. The van der Waals surface area contributed by atoms with Crippen LogP contribution in [0.4, 0.5) is 0 Å². The Kier molecular flexibility index (Phi) is 2.61. The van der Waals surface area contributed by atoms with E-state index in [1.165, 1.54) is 12.0 Å². The van der Waals surface area contributed by atoms with E-state index in [1.807, 2.05) is 0 Å². The Hall–Kier alpha value is -1.00. The molecule has 1 aromatic rings. The van der Waals surface area contributed by atoms with Crippen LogP contribution in [0.5, 0.6) is 0 Å². The van der Waals surface area contributed by atoms with Crippen LogP contribution >= 0.6 is 0 Å². The Morgan fingerprint density at radius 2 is 2.31 bits per heavy atom. The van der Waals surface area contributed by atoms with Crippen molar-refractivity contribution in [3.63, 3.8) is 0 Å². The molecule has 16 heavy (non-hydrogen) atoms. The van der Waals surface area contributed by atoms with E-state index in [0.717, 1.165) is 36.7 Å². The summed E-state index contributed by atoms with van der Waals surface area (Å²) in [5, 5.41) is 3.38.